The Labute approximate surface area is 118 Å². The third kappa shape index (κ3) is 4.24. The zero-order valence-electron chi connectivity index (χ0n) is 12.4. The number of anilines is 1. The maximum atomic E-state index is 6.01. The molecule has 0 aliphatic carbocycles. The summed E-state index contributed by atoms with van der Waals surface area (Å²) in [4.78, 5) is 2.53. The van der Waals surface area contributed by atoms with Gasteiger partial charge in [0.2, 0.25) is 0 Å². The van der Waals surface area contributed by atoms with Crippen molar-refractivity contribution in [3.05, 3.63) is 29.8 Å². The fraction of sp³-hybridized carbons (Fsp3) is 0.647. The smallest absolute Gasteiger partial charge is 0.0366 e. The van der Waals surface area contributed by atoms with Gasteiger partial charge < -0.3 is 10.6 Å². The van der Waals surface area contributed by atoms with Gasteiger partial charge >= 0.3 is 0 Å². The van der Waals surface area contributed by atoms with Crippen LogP contribution in [0.5, 0.6) is 0 Å². The van der Waals surface area contributed by atoms with Crippen molar-refractivity contribution in [1.29, 1.82) is 0 Å². The first-order valence-corrected chi connectivity index (χ1v) is 7.78. The summed E-state index contributed by atoms with van der Waals surface area (Å²) in [5.41, 5.74) is 8.75. The third-order valence-corrected chi connectivity index (χ3v) is 4.34. The molecule has 1 aliphatic heterocycles. The molecule has 106 valence electrons. The van der Waals surface area contributed by atoms with Gasteiger partial charge in [0, 0.05) is 24.8 Å². The van der Waals surface area contributed by atoms with E-state index in [2.05, 4.69) is 43.0 Å². The highest BCUT2D eigenvalue weighted by atomic mass is 15.1. The predicted octanol–water partition coefficient (Wildman–Crippen LogP) is 3.59. The van der Waals surface area contributed by atoms with Crippen LogP contribution < -0.4 is 10.6 Å². The molecule has 2 N–H and O–H groups in total. The van der Waals surface area contributed by atoms with E-state index in [0.29, 0.717) is 6.04 Å². The van der Waals surface area contributed by atoms with Crippen molar-refractivity contribution >= 4 is 5.69 Å². The van der Waals surface area contributed by atoms with Crippen molar-refractivity contribution in [3.63, 3.8) is 0 Å². The van der Waals surface area contributed by atoms with Gasteiger partial charge in [-0.2, -0.15) is 0 Å². The van der Waals surface area contributed by atoms with Crippen LogP contribution in [0.4, 0.5) is 5.69 Å². The number of rotatable bonds is 4. The highest BCUT2D eigenvalue weighted by molar-refractivity contribution is 5.47. The Morgan fingerprint density at radius 3 is 2.63 bits per heavy atom. The van der Waals surface area contributed by atoms with Crippen LogP contribution in [0.3, 0.4) is 0 Å². The van der Waals surface area contributed by atoms with Gasteiger partial charge in [0.05, 0.1) is 0 Å². The van der Waals surface area contributed by atoms with E-state index in [-0.39, 0.29) is 0 Å². The van der Waals surface area contributed by atoms with Crippen molar-refractivity contribution in [2.75, 3.05) is 18.0 Å². The Morgan fingerprint density at radius 2 is 1.95 bits per heavy atom. The number of benzene rings is 1. The summed E-state index contributed by atoms with van der Waals surface area (Å²) in [6.45, 7) is 6.93. The quantitative estimate of drug-likeness (QED) is 0.896. The van der Waals surface area contributed by atoms with Crippen LogP contribution in [0.25, 0.3) is 0 Å². The second-order valence-electron chi connectivity index (χ2n) is 6.06. The molecule has 1 aromatic carbocycles. The van der Waals surface area contributed by atoms with E-state index in [1.165, 1.54) is 43.6 Å². The van der Waals surface area contributed by atoms with E-state index in [1.54, 1.807) is 0 Å². The minimum atomic E-state index is 0.296. The van der Waals surface area contributed by atoms with Crippen LogP contribution in [-0.4, -0.2) is 19.1 Å². The average molecular weight is 260 g/mol. The summed E-state index contributed by atoms with van der Waals surface area (Å²) < 4.78 is 0. The van der Waals surface area contributed by atoms with Crippen LogP contribution in [0, 0.1) is 5.92 Å². The first kappa shape index (κ1) is 14.4. The van der Waals surface area contributed by atoms with Crippen LogP contribution >= 0.6 is 0 Å². The molecule has 19 heavy (non-hydrogen) atoms. The number of nitrogens with two attached hydrogens (primary N) is 1. The molecule has 1 fully saturated rings. The Balaban J connectivity index is 1.97. The van der Waals surface area contributed by atoms with Gasteiger partial charge in [0.15, 0.2) is 0 Å². The maximum Gasteiger partial charge on any atom is 0.0366 e. The second-order valence-corrected chi connectivity index (χ2v) is 6.06. The molecule has 0 saturated carbocycles. The summed E-state index contributed by atoms with van der Waals surface area (Å²) >= 11 is 0. The van der Waals surface area contributed by atoms with Gasteiger partial charge in [-0.3, -0.25) is 0 Å². The van der Waals surface area contributed by atoms with E-state index >= 15 is 0 Å². The first-order valence-electron chi connectivity index (χ1n) is 7.78. The largest absolute Gasteiger partial charge is 0.372 e. The number of hydrogen-bond acceptors (Lipinski definition) is 2. The van der Waals surface area contributed by atoms with Crippen molar-refractivity contribution in [2.24, 2.45) is 11.7 Å². The summed E-state index contributed by atoms with van der Waals surface area (Å²) in [5.74, 6) is 0.881. The lowest BCUT2D eigenvalue weighted by Crippen LogP contribution is -2.24. The average Bonchev–Trinajstić information content (AvgIpc) is 2.64. The van der Waals surface area contributed by atoms with Crippen LogP contribution in [0.1, 0.15) is 45.1 Å². The molecule has 2 heteroatoms. The third-order valence-electron chi connectivity index (χ3n) is 4.34. The molecule has 0 spiro atoms. The SMILES string of the molecule is CCC(N)Cc1ccc(N2CCCC(C)CC2)cc1. The lowest BCUT2D eigenvalue weighted by Gasteiger charge is -2.23. The number of hydrogen-bond donors (Lipinski definition) is 1. The molecule has 1 aromatic rings. The summed E-state index contributed by atoms with van der Waals surface area (Å²) in [7, 11) is 0. The molecule has 1 heterocycles. The van der Waals surface area contributed by atoms with Crippen LogP contribution in [0.15, 0.2) is 24.3 Å². The van der Waals surface area contributed by atoms with Crippen molar-refractivity contribution in [3.8, 4) is 0 Å². The predicted molar refractivity (Wildman–Crippen MR) is 83.6 cm³/mol. The highest BCUT2D eigenvalue weighted by Crippen LogP contribution is 2.23. The van der Waals surface area contributed by atoms with Crippen molar-refractivity contribution in [1.82, 2.24) is 0 Å². The maximum absolute atomic E-state index is 6.01. The minimum Gasteiger partial charge on any atom is -0.372 e. The van der Waals surface area contributed by atoms with E-state index in [4.69, 9.17) is 5.73 Å². The zero-order chi connectivity index (χ0) is 13.7. The minimum absolute atomic E-state index is 0.296. The zero-order valence-corrected chi connectivity index (χ0v) is 12.4. The molecule has 1 saturated heterocycles. The summed E-state index contributed by atoms with van der Waals surface area (Å²) in [6, 6.07) is 9.34. The highest BCUT2D eigenvalue weighted by Gasteiger charge is 2.14. The van der Waals surface area contributed by atoms with E-state index in [0.717, 1.165) is 18.8 Å². The Morgan fingerprint density at radius 1 is 1.21 bits per heavy atom. The number of nitrogens with zero attached hydrogens (tertiary/aromatic N) is 1. The Bertz CT molecular complexity index is 371. The molecule has 2 unspecified atom stereocenters. The molecule has 2 rings (SSSR count). The Hall–Kier alpha value is -1.02. The molecule has 0 amide bonds. The van der Waals surface area contributed by atoms with E-state index in [9.17, 15) is 0 Å². The molecule has 2 atom stereocenters. The van der Waals surface area contributed by atoms with Gasteiger partial charge in [-0.25, -0.2) is 0 Å². The molecule has 0 bridgehead atoms. The normalized spacial score (nSPS) is 22.1. The van der Waals surface area contributed by atoms with Gasteiger partial charge in [-0.15, -0.1) is 0 Å². The molecular weight excluding hydrogens is 232 g/mol. The molecule has 0 aromatic heterocycles. The van der Waals surface area contributed by atoms with Crippen molar-refractivity contribution < 1.29 is 0 Å². The first-order chi connectivity index (χ1) is 9.19. The molecule has 2 nitrogen and oxygen atoms in total. The van der Waals surface area contributed by atoms with Gasteiger partial charge in [-0.05, 0) is 55.7 Å². The van der Waals surface area contributed by atoms with Gasteiger partial charge in [0.1, 0.15) is 0 Å². The fourth-order valence-corrected chi connectivity index (χ4v) is 2.81. The topological polar surface area (TPSA) is 29.3 Å². The Kier molecular flexibility index (Phi) is 5.26. The summed E-state index contributed by atoms with van der Waals surface area (Å²) in [5, 5.41) is 0. The van der Waals surface area contributed by atoms with E-state index < -0.39 is 0 Å². The standard InChI is InChI=1S/C17H28N2/c1-3-16(18)13-15-6-8-17(9-7-15)19-11-4-5-14(2)10-12-19/h6-9,14,16H,3-5,10-13,18H2,1-2H3. The fourth-order valence-electron chi connectivity index (χ4n) is 2.81. The van der Waals surface area contributed by atoms with Crippen molar-refractivity contribution in [2.45, 2.75) is 52.0 Å². The van der Waals surface area contributed by atoms with Gasteiger partial charge in [-0.1, -0.05) is 26.0 Å². The lowest BCUT2D eigenvalue weighted by molar-refractivity contribution is 0.521. The second kappa shape index (κ2) is 6.95. The van der Waals surface area contributed by atoms with E-state index in [1.807, 2.05) is 0 Å². The lowest BCUT2D eigenvalue weighted by atomic mass is 10.0. The van der Waals surface area contributed by atoms with Crippen LogP contribution in [-0.2, 0) is 6.42 Å². The molecular formula is C17H28N2. The van der Waals surface area contributed by atoms with Crippen LogP contribution in [0.2, 0.25) is 0 Å². The molecule has 1 aliphatic rings. The monoisotopic (exact) mass is 260 g/mol. The van der Waals surface area contributed by atoms with Gasteiger partial charge in [0.25, 0.3) is 0 Å². The molecule has 0 radical (unpaired) electrons. The summed E-state index contributed by atoms with van der Waals surface area (Å²) in [6.07, 6.45) is 6.06.